The quantitative estimate of drug-likeness (QED) is 0.848. The minimum Gasteiger partial charge on any atom is -0.330 e. The van der Waals surface area contributed by atoms with Gasteiger partial charge in [-0.2, -0.15) is 0 Å². The van der Waals surface area contributed by atoms with Crippen molar-refractivity contribution in [2.75, 3.05) is 6.54 Å². The van der Waals surface area contributed by atoms with Crippen molar-refractivity contribution in [2.24, 2.45) is 17.6 Å². The average Bonchev–Trinajstić information content (AvgIpc) is 2.42. The zero-order valence-electron chi connectivity index (χ0n) is 11.9. The van der Waals surface area contributed by atoms with Gasteiger partial charge in [0.05, 0.1) is 0 Å². The average molecular weight is 245 g/mol. The molecule has 1 heteroatoms. The number of rotatable bonds is 4. The normalized spacial score (nSPS) is 25.9. The summed E-state index contributed by atoms with van der Waals surface area (Å²) < 4.78 is 0. The van der Waals surface area contributed by atoms with E-state index in [1.807, 2.05) is 0 Å². The van der Waals surface area contributed by atoms with Crippen LogP contribution in [0.3, 0.4) is 0 Å². The third-order valence-corrected chi connectivity index (χ3v) is 4.76. The van der Waals surface area contributed by atoms with E-state index < -0.39 is 0 Å². The maximum absolute atomic E-state index is 6.07. The zero-order chi connectivity index (χ0) is 13.0. The lowest BCUT2D eigenvalue weighted by atomic mass is 9.71. The van der Waals surface area contributed by atoms with Crippen molar-refractivity contribution in [1.29, 1.82) is 0 Å². The topological polar surface area (TPSA) is 26.0 Å². The highest BCUT2D eigenvalue weighted by molar-refractivity contribution is 5.26. The maximum atomic E-state index is 6.07. The largest absolute Gasteiger partial charge is 0.330 e. The van der Waals surface area contributed by atoms with Gasteiger partial charge in [0.25, 0.3) is 0 Å². The molecular weight excluding hydrogens is 218 g/mol. The van der Waals surface area contributed by atoms with Crippen molar-refractivity contribution in [1.82, 2.24) is 0 Å². The first-order valence-electron chi connectivity index (χ1n) is 7.55. The number of hydrogen-bond donors (Lipinski definition) is 1. The molecule has 0 amide bonds. The molecule has 2 rings (SSSR count). The van der Waals surface area contributed by atoms with Crippen LogP contribution in [0.5, 0.6) is 0 Å². The molecule has 0 spiro atoms. The fourth-order valence-electron chi connectivity index (χ4n) is 3.50. The SMILES string of the molecule is CCc1ccc(C(CN)C2CCCCC2C)cc1. The highest BCUT2D eigenvalue weighted by Crippen LogP contribution is 2.39. The predicted octanol–water partition coefficient (Wildman–Crippen LogP) is 4.12. The van der Waals surface area contributed by atoms with Crippen LogP contribution in [0.25, 0.3) is 0 Å². The maximum Gasteiger partial charge on any atom is -0.000546 e. The van der Waals surface area contributed by atoms with Gasteiger partial charge < -0.3 is 5.73 Å². The summed E-state index contributed by atoms with van der Waals surface area (Å²) in [6, 6.07) is 9.15. The third kappa shape index (κ3) is 2.95. The molecule has 0 bridgehead atoms. The second-order valence-electron chi connectivity index (χ2n) is 5.86. The van der Waals surface area contributed by atoms with Gasteiger partial charge in [0.1, 0.15) is 0 Å². The third-order valence-electron chi connectivity index (χ3n) is 4.76. The van der Waals surface area contributed by atoms with Gasteiger partial charge >= 0.3 is 0 Å². The standard InChI is InChI=1S/C17H27N/c1-3-14-8-10-15(11-9-14)17(12-18)16-7-5-4-6-13(16)2/h8-11,13,16-17H,3-7,12,18H2,1-2H3. The molecule has 1 saturated carbocycles. The van der Waals surface area contributed by atoms with Gasteiger partial charge in [-0.05, 0) is 48.3 Å². The van der Waals surface area contributed by atoms with Crippen LogP contribution in [0.2, 0.25) is 0 Å². The van der Waals surface area contributed by atoms with Gasteiger partial charge in [0.15, 0.2) is 0 Å². The molecule has 0 radical (unpaired) electrons. The Morgan fingerprint density at radius 2 is 1.83 bits per heavy atom. The van der Waals surface area contributed by atoms with E-state index in [1.54, 1.807) is 0 Å². The lowest BCUT2D eigenvalue weighted by Crippen LogP contribution is -2.28. The first-order valence-corrected chi connectivity index (χ1v) is 7.55. The van der Waals surface area contributed by atoms with Crippen molar-refractivity contribution in [2.45, 2.75) is 51.9 Å². The van der Waals surface area contributed by atoms with Crippen LogP contribution in [0.1, 0.15) is 56.6 Å². The molecular formula is C17H27N. The molecule has 1 nitrogen and oxygen atoms in total. The molecule has 1 aromatic rings. The first-order chi connectivity index (χ1) is 8.76. The zero-order valence-corrected chi connectivity index (χ0v) is 11.9. The van der Waals surface area contributed by atoms with Gasteiger partial charge in [-0.1, -0.05) is 57.4 Å². The van der Waals surface area contributed by atoms with Crippen LogP contribution in [0.4, 0.5) is 0 Å². The van der Waals surface area contributed by atoms with Crippen molar-refractivity contribution in [3.05, 3.63) is 35.4 Å². The van der Waals surface area contributed by atoms with E-state index in [9.17, 15) is 0 Å². The van der Waals surface area contributed by atoms with Crippen molar-refractivity contribution in [3.63, 3.8) is 0 Å². The Kier molecular flexibility index (Phi) is 4.82. The highest BCUT2D eigenvalue weighted by Gasteiger charge is 2.29. The minimum atomic E-state index is 0.561. The second kappa shape index (κ2) is 6.38. The number of hydrogen-bond acceptors (Lipinski definition) is 1. The van der Waals surface area contributed by atoms with E-state index in [0.717, 1.165) is 24.8 Å². The summed E-state index contributed by atoms with van der Waals surface area (Å²) in [6.07, 6.45) is 6.66. The van der Waals surface area contributed by atoms with Crippen LogP contribution in [-0.2, 0) is 6.42 Å². The fraction of sp³-hybridized carbons (Fsp3) is 0.647. The van der Waals surface area contributed by atoms with Gasteiger partial charge in [-0.15, -0.1) is 0 Å². The molecule has 0 aromatic heterocycles. The van der Waals surface area contributed by atoms with E-state index in [0.29, 0.717) is 5.92 Å². The first kappa shape index (κ1) is 13.6. The van der Waals surface area contributed by atoms with E-state index in [1.165, 1.54) is 36.8 Å². The van der Waals surface area contributed by atoms with Gasteiger partial charge in [-0.25, -0.2) is 0 Å². The summed E-state index contributed by atoms with van der Waals surface area (Å²) in [7, 11) is 0. The molecule has 3 unspecified atom stereocenters. The lowest BCUT2D eigenvalue weighted by Gasteiger charge is -2.35. The van der Waals surface area contributed by atoms with Crippen molar-refractivity contribution >= 4 is 0 Å². The number of nitrogens with two attached hydrogens (primary N) is 1. The second-order valence-corrected chi connectivity index (χ2v) is 5.86. The summed E-state index contributed by atoms with van der Waals surface area (Å²) in [5.74, 6) is 2.18. The number of aryl methyl sites for hydroxylation is 1. The summed E-state index contributed by atoms with van der Waals surface area (Å²) in [5.41, 5.74) is 8.94. The molecule has 1 aromatic carbocycles. The molecule has 0 saturated heterocycles. The molecule has 1 aliphatic rings. The van der Waals surface area contributed by atoms with E-state index >= 15 is 0 Å². The van der Waals surface area contributed by atoms with E-state index in [2.05, 4.69) is 38.1 Å². The Balaban J connectivity index is 2.15. The van der Waals surface area contributed by atoms with Crippen LogP contribution in [-0.4, -0.2) is 6.54 Å². The molecule has 1 aliphatic carbocycles. The summed E-state index contributed by atoms with van der Waals surface area (Å²) in [6.45, 7) is 5.41. The van der Waals surface area contributed by atoms with Crippen LogP contribution < -0.4 is 5.73 Å². The van der Waals surface area contributed by atoms with Crippen LogP contribution in [0, 0.1) is 11.8 Å². The lowest BCUT2D eigenvalue weighted by molar-refractivity contribution is 0.219. The Morgan fingerprint density at radius 1 is 1.17 bits per heavy atom. The van der Waals surface area contributed by atoms with Crippen molar-refractivity contribution < 1.29 is 0 Å². The Morgan fingerprint density at radius 3 is 2.39 bits per heavy atom. The van der Waals surface area contributed by atoms with E-state index in [4.69, 9.17) is 5.73 Å². The highest BCUT2D eigenvalue weighted by atomic mass is 14.6. The monoisotopic (exact) mass is 245 g/mol. The van der Waals surface area contributed by atoms with Crippen LogP contribution >= 0.6 is 0 Å². The summed E-state index contributed by atoms with van der Waals surface area (Å²) in [4.78, 5) is 0. The molecule has 2 N–H and O–H groups in total. The van der Waals surface area contributed by atoms with Gasteiger partial charge in [0.2, 0.25) is 0 Å². The van der Waals surface area contributed by atoms with Crippen molar-refractivity contribution in [3.8, 4) is 0 Å². The summed E-state index contributed by atoms with van der Waals surface area (Å²) >= 11 is 0. The molecule has 1 fully saturated rings. The molecule has 0 heterocycles. The van der Waals surface area contributed by atoms with Crippen LogP contribution in [0.15, 0.2) is 24.3 Å². The van der Waals surface area contributed by atoms with Gasteiger partial charge in [0, 0.05) is 0 Å². The van der Waals surface area contributed by atoms with E-state index in [-0.39, 0.29) is 0 Å². The predicted molar refractivity (Wildman–Crippen MR) is 78.7 cm³/mol. The Labute approximate surface area is 112 Å². The minimum absolute atomic E-state index is 0.561. The molecule has 18 heavy (non-hydrogen) atoms. The molecule has 3 atom stereocenters. The summed E-state index contributed by atoms with van der Waals surface area (Å²) in [5, 5.41) is 0. The van der Waals surface area contributed by atoms with Gasteiger partial charge in [-0.3, -0.25) is 0 Å². The Hall–Kier alpha value is -0.820. The number of benzene rings is 1. The Bertz CT molecular complexity index is 354. The fourth-order valence-corrected chi connectivity index (χ4v) is 3.50. The molecule has 0 aliphatic heterocycles. The smallest absolute Gasteiger partial charge is 0.000546 e. The molecule has 100 valence electrons.